The minimum absolute atomic E-state index is 0.0451. The van der Waals surface area contributed by atoms with Crippen molar-refractivity contribution in [2.75, 3.05) is 25.6 Å². The molecule has 0 amide bonds. The monoisotopic (exact) mass is 381 g/mol. The first-order valence-electron chi connectivity index (χ1n) is 9.74. The fourth-order valence-corrected chi connectivity index (χ4v) is 2.91. The molecule has 0 radical (unpaired) electrons. The number of hydrogen-bond acceptors (Lipinski definition) is 4. The molecule has 1 N–H and O–H groups in total. The number of benzene rings is 2. The third-order valence-corrected chi connectivity index (χ3v) is 4.39. The molecule has 0 atom stereocenters. The number of anilines is 1. The van der Waals surface area contributed by atoms with E-state index in [0.717, 1.165) is 22.6 Å². The van der Waals surface area contributed by atoms with E-state index in [1.807, 2.05) is 57.3 Å². The van der Waals surface area contributed by atoms with Gasteiger partial charge in [-0.1, -0.05) is 20.8 Å². The van der Waals surface area contributed by atoms with Crippen molar-refractivity contribution in [3.8, 4) is 11.5 Å². The van der Waals surface area contributed by atoms with Crippen LogP contribution in [0.4, 0.5) is 5.69 Å². The fourth-order valence-electron chi connectivity index (χ4n) is 2.91. The van der Waals surface area contributed by atoms with Crippen LogP contribution >= 0.6 is 0 Å². The van der Waals surface area contributed by atoms with Crippen LogP contribution in [0, 0.1) is 0 Å². The molecule has 2 aromatic carbocycles. The van der Waals surface area contributed by atoms with Gasteiger partial charge in [-0.3, -0.25) is 4.79 Å². The lowest BCUT2D eigenvalue weighted by molar-refractivity contribution is 0.104. The van der Waals surface area contributed by atoms with Crippen LogP contribution in [-0.2, 0) is 5.41 Å². The summed E-state index contributed by atoms with van der Waals surface area (Å²) in [5.41, 5.74) is 3.49. The molecule has 4 nitrogen and oxygen atoms in total. The molecule has 0 unspecified atom stereocenters. The Balaban J connectivity index is 2.40. The van der Waals surface area contributed by atoms with E-state index in [1.165, 1.54) is 0 Å². The van der Waals surface area contributed by atoms with Crippen molar-refractivity contribution in [2.45, 2.75) is 40.0 Å². The van der Waals surface area contributed by atoms with Crippen molar-refractivity contribution in [1.29, 1.82) is 0 Å². The van der Waals surface area contributed by atoms with Crippen LogP contribution in [0.5, 0.6) is 11.5 Å². The third kappa shape index (κ3) is 5.38. The number of ether oxygens (including phenoxy) is 2. The molecule has 0 aromatic heterocycles. The summed E-state index contributed by atoms with van der Waals surface area (Å²) in [6.45, 7) is 11.5. The van der Waals surface area contributed by atoms with E-state index in [4.69, 9.17) is 9.47 Å². The van der Waals surface area contributed by atoms with Crippen LogP contribution in [0.25, 0.3) is 6.08 Å². The molecule has 0 aliphatic carbocycles. The van der Waals surface area contributed by atoms with Gasteiger partial charge in [0.15, 0.2) is 5.78 Å². The highest BCUT2D eigenvalue weighted by atomic mass is 16.5. The average molecular weight is 382 g/mol. The van der Waals surface area contributed by atoms with Crippen LogP contribution in [0.3, 0.4) is 0 Å². The Morgan fingerprint density at radius 3 is 2.14 bits per heavy atom. The zero-order valence-electron chi connectivity index (χ0n) is 17.8. The summed E-state index contributed by atoms with van der Waals surface area (Å²) in [5.74, 6) is 1.49. The Hall–Kier alpha value is -2.75. The maximum Gasteiger partial charge on any atom is 0.185 e. The minimum Gasteiger partial charge on any atom is -0.493 e. The zero-order valence-corrected chi connectivity index (χ0v) is 17.8. The van der Waals surface area contributed by atoms with E-state index in [1.54, 1.807) is 6.08 Å². The topological polar surface area (TPSA) is 47.6 Å². The molecule has 0 aliphatic rings. The molecule has 0 bridgehead atoms. The molecule has 2 rings (SSSR count). The summed E-state index contributed by atoms with van der Waals surface area (Å²) in [4.78, 5) is 12.6. The molecule has 28 heavy (non-hydrogen) atoms. The van der Waals surface area contributed by atoms with Crippen molar-refractivity contribution in [2.24, 2.45) is 0 Å². The maximum atomic E-state index is 12.6. The van der Waals surface area contributed by atoms with Gasteiger partial charge in [0, 0.05) is 35.5 Å². The minimum atomic E-state index is -0.0924. The first kappa shape index (κ1) is 21.5. The molecule has 150 valence electrons. The number of carbonyl (C=O) groups is 1. The van der Waals surface area contributed by atoms with Gasteiger partial charge in [-0.15, -0.1) is 0 Å². The van der Waals surface area contributed by atoms with Gasteiger partial charge in [0.2, 0.25) is 0 Å². The average Bonchev–Trinajstić information content (AvgIpc) is 2.66. The molecular formula is C24H31NO3. The predicted molar refractivity (Wildman–Crippen MR) is 117 cm³/mol. The van der Waals surface area contributed by atoms with E-state index >= 15 is 0 Å². The van der Waals surface area contributed by atoms with Crippen LogP contribution in [-0.4, -0.2) is 26.0 Å². The summed E-state index contributed by atoms with van der Waals surface area (Å²) in [7, 11) is 1.85. The second kappa shape index (κ2) is 9.45. The molecular weight excluding hydrogens is 350 g/mol. The summed E-state index contributed by atoms with van der Waals surface area (Å²) < 4.78 is 11.7. The Kier molecular flexibility index (Phi) is 7.27. The van der Waals surface area contributed by atoms with E-state index in [9.17, 15) is 4.79 Å². The van der Waals surface area contributed by atoms with Gasteiger partial charge >= 0.3 is 0 Å². The Morgan fingerprint density at radius 1 is 1.00 bits per heavy atom. The molecule has 0 fully saturated rings. The van der Waals surface area contributed by atoms with Gasteiger partial charge in [-0.2, -0.15) is 0 Å². The van der Waals surface area contributed by atoms with E-state index < -0.39 is 0 Å². The SMILES string of the molecule is CCOc1cc(OCC)c(C(C)(C)C)cc1/C=C/C(=O)c1ccc(NC)cc1. The lowest BCUT2D eigenvalue weighted by Crippen LogP contribution is -2.14. The number of allylic oxidation sites excluding steroid dienone is 1. The molecule has 0 heterocycles. The summed E-state index contributed by atoms with van der Waals surface area (Å²) in [6, 6.07) is 11.4. The smallest absolute Gasteiger partial charge is 0.185 e. The Bertz CT molecular complexity index is 830. The largest absolute Gasteiger partial charge is 0.493 e. The van der Waals surface area contributed by atoms with Crippen molar-refractivity contribution in [3.05, 3.63) is 59.2 Å². The van der Waals surface area contributed by atoms with Gasteiger partial charge in [-0.25, -0.2) is 0 Å². The number of ketones is 1. The van der Waals surface area contributed by atoms with Crippen LogP contribution < -0.4 is 14.8 Å². The Morgan fingerprint density at radius 2 is 1.61 bits per heavy atom. The highest BCUT2D eigenvalue weighted by Crippen LogP contribution is 2.37. The molecule has 0 saturated heterocycles. The summed E-state index contributed by atoms with van der Waals surface area (Å²) >= 11 is 0. The standard InChI is InChI=1S/C24H31NO3/c1-7-27-22-16-23(28-8-2)20(24(3,4)5)15-18(22)11-14-21(26)17-9-12-19(25-6)13-10-17/h9-16,25H,7-8H2,1-6H3/b14-11+. The number of nitrogens with one attached hydrogen (secondary N) is 1. The summed E-state index contributed by atoms with van der Waals surface area (Å²) in [5, 5.41) is 3.05. The van der Waals surface area contributed by atoms with E-state index in [2.05, 4.69) is 32.2 Å². The van der Waals surface area contributed by atoms with Crippen molar-refractivity contribution >= 4 is 17.5 Å². The normalized spacial score (nSPS) is 11.5. The van der Waals surface area contributed by atoms with E-state index in [-0.39, 0.29) is 11.2 Å². The van der Waals surface area contributed by atoms with Crippen LogP contribution in [0.2, 0.25) is 0 Å². The molecule has 0 spiro atoms. The first-order chi connectivity index (χ1) is 13.3. The van der Waals surface area contributed by atoms with Crippen LogP contribution in [0.15, 0.2) is 42.5 Å². The Labute approximate surface area is 168 Å². The maximum absolute atomic E-state index is 12.6. The number of hydrogen-bond donors (Lipinski definition) is 1. The second-order valence-electron chi connectivity index (χ2n) is 7.53. The molecule has 0 saturated carbocycles. The molecule has 4 heteroatoms. The summed E-state index contributed by atoms with van der Waals surface area (Å²) in [6.07, 6.45) is 3.42. The van der Waals surface area contributed by atoms with E-state index in [0.29, 0.717) is 24.5 Å². The van der Waals surface area contributed by atoms with Gasteiger partial charge in [-0.05, 0) is 61.7 Å². The first-order valence-corrected chi connectivity index (χ1v) is 9.74. The predicted octanol–water partition coefficient (Wildman–Crippen LogP) is 5.72. The molecule has 0 aliphatic heterocycles. The quantitative estimate of drug-likeness (QED) is 0.469. The van der Waals surface area contributed by atoms with Gasteiger partial charge in [0.1, 0.15) is 11.5 Å². The van der Waals surface area contributed by atoms with Crippen molar-refractivity contribution in [3.63, 3.8) is 0 Å². The third-order valence-electron chi connectivity index (χ3n) is 4.39. The molecule has 2 aromatic rings. The zero-order chi connectivity index (χ0) is 20.7. The van der Waals surface area contributed by atoms with Gasteiger partial charge < -0.3 is 14.8 Å². The number of rotatable bonds is 8. The fraction of sp³-hybridized carbons (Fsp3) is 0.375. The highest BCUT2D eigenvalue weighted by molar-refractivity contribution is 6.07. The number of carbonyl (C=O) groups excluding carboxylic acids is 1. The lowest BCUT2D eigenvalue weighted by atomic mass is 9.85. The van der Waals surface area contributed by atoms with Gasteiger partial charge in [0.25, 0.3) is 0 Å². The second-order valence-corrected chi connectivity index (χ2v) is 7.53. The van der Waals surface area contributed by atoms with Crippen molar-refractivity contribution < 1.29 is 14.3 Å². The van der Waals surface area contributed by atoms with Gasteiger partial charge in [0.05, 0.1) is 13.2 Å². The van der Waals surface area contributed by atoms with Crippen molar-refractivity contribution in [1.82, 2.24) is 0 Å². The lowest BCUT2D eigenvalue weighted by Gasteiger charge is -2.24. The highest BCUT2D eigenvalue weighted by Gasteiger charge is 2.21. The van der Waals surface area contributed by atoms with Crippen LogP contribution in [0.1, 0.15) is 56.1 Å².